The Morgan fingerprint density at radius 1 is 1.20 bits per heavy atom. The van der Waals surface area contributed by atoms with Gasteiger partial charge >= 0.3 is 0 Å². The van der Waals surface area contributed by atoms with Crippen LogP contribution in [0.15, 0.2) is 4.99 Å². The summed E-state index contributed by atoms with van der Waals surface area (Å²) in [6, 6.07) is 0. The van der Waals surface area contributed by atoms with E-state index in [4.69, 9.17) is 17.3 Å². The molecule has 0 saturated heterocycles. The molecule has 20 heavy (non-hydrogen) atoms. The third kappa shape index (κ3) is 2.85. The molecule has 4 aliphatic rings. The Kier molecular flexibility index (Phi) is 3.82. The Hall–Kier alpha value is 0.110. The molecule has 0 spiro atoms. The van der Waals surface area contributed by atoms with Crippen LogP contribution in [0.25, 0.3) is 0 Å². The van der Waals surface area contributed by atoms with E-state index in [0.717, 1.165) is 18.2 Å². The molecular weight excluding hydrogens is 288 g/mol. The van der Waals surface area contributed by atoms with Crippen LogP contribution in [0, 0.1) is 16.7 Å². The van der Waals surface area contributed by atoms with Crippen LogP contribution in [0.5, 0.6) is 0 Å². The fraction of sp³-hybridized carbons (Fsp3) is 0.938. The summed E-state index contributed by atoms with van der Waals surface area (Å²) in [6.45, 7) is 5.90. The van der Waals surface area contributed by atoms with E-state index in [2.05, 4.69) is 30.6 Å². The Labute approximate surface area is 132 Å². The van der Waals surface area contributed by atoms with Gasteiger partial charge in [0.25, 0.3) is 0 Å². The van der Waals surface area contributed by atoms with Crippen molar-refractivity contribution in [3.8, 4) is 0 Å². The summed E-state index contributed by atoms with van der Waals surface area (Å²) in [4.78, 5) is 4.34. The zero-order valence-corrected chi connectivity index (χ0v) is 14.3. The third-order valence-electron chi connectivity index (χ3n) is 5.53. The van der Waals surface area contributed by atoms with Crippen molar-refractivity contribution >= 4 is 29.2 Å². The maximum absolute atomic E-state index is 5.67. The maximum Gasteiger partial charge on any atom is 0.109 e. The lowest BCUT2D eigenvalue weighted by Crippen LogP contribution is -2.57. The lowest BCUT2D eigenvalue weighted by atomic mass is 9.45. The first-order valence-corrected chi connectivity index (χ1v) is 9.37. The van der Waals surface area contributed by atoms with Crippen LogP contribution in [-0.4, -0.2) is 28.8 Å². The Balaban J connectivity index is 1.64. The number of hydrogen-bond donors (Lipinski definition) is 1. The van der Waals surface area contributed by atoms with Crippen molar-refractivity contribution in [2.75, 3.05) is 18.2 Å². The van der Waals surface area contributed by atoms with Gasteiger partial charge in [-0.3, -0.25) is 4.99 Å². The number of hydrogen-bond acceptors (Lipinski definition) is 2. The molecule has 0 heterocycles. The van der Waals surface area contributed by atoms with Crippen LogP contribution in [0.2, 0.25) is 0 Å². The number of alkyl halides is 1. The summed E-state index contributed by atoms with van der Waals surface area (Å²) in [7, 11) is 0. The van der Waals surface area contributed by atoms with E-state index < -0.39 is 0 Å². The van der Waals surface area contributed by atoms with Gasteiger partial charge < -0.3 is 5.73 Å². The summed E-state index contributed by atoms with van der Waals surface area (Å²) >= 11 is 7.84. The number of halogens is 1. The molecule has 4 bridgehead atoms. The van der Waals surface area contributed by atoms with Gasteiger partial charge in [0.05, 0.1) is 12.4 Å². The van der Waals surface area contributed by atoms with Crippen LogP contribution >= 0.6 is 23.4 Å². The van der Waals surface area contributed by atoms with E-state index in [9.17, 15) is 0 Å². The third-order valence-corrected chi connectivity index (χ3v) is 7.25. The number of amidine groups is 1. The largest absolute Gasteiger partial charge is 0.386 e. The van der Waals surface area contributed by atoms with E-state index in [1.165, 1.54) is 38.5 Å². The molecule has 2 unspecified atom stereocenters. The molecule has 4 aliphatic carbocycles. The molecule has 4 saturated carbocycles. The predicted molar refractivity (Wildman–Crippen MR) is 89.8 cm³/mol. The molecule has 4 fully saturated rings. The molecular formula is C16H27ClN2S. The molecule has 2 nitrogen and oxygen atoms in total. The van der Waals surface area contributed by atoms with Crippen LogP contribution < -0.4 is 5.73 Å². The van der Waals surface area contributed by atoms with Crippen LogP contribution in [-0.2, 0) is 0 Å². The second-order valence-electron chi connectivity index (χ2n) is 8.17. The number of thioether (sulfide) groups is 1. The number of nitrogens with zero attached hydrogens (tertiary/aromatic N) is 1. The van der Waals surface area contributed by atoms with Crippen LogP contribution in [0.4, 0.5) is 0 Å². The summed E-state index contributed by atoms with van der Waals surface area (Å²) in [5, 5.41) is 0. The second-order valence-corrected chi connectivity index (χ2v) is 10.00. The first kappa shape index (κ1) is 15.0. The molecule has 2 atom stereocenters. The Morgan fingerprint density at radius 3 is 2.40 bits per heavy atom. The summed E-state index contributed by atoms with van der Waals surface area (Å²) in [6.07, 6.45) is 8.69. The minimum absolute atomic E-state index is 0.355. The van der Waals surface area contributed by atoms with E-state index in [-0.39, 0.29) is 0 Å². The van der Waals surface area contributed by atoms with Gasteiger partial charge in [-0.05, 0) is 55.3 Å². The molecule has 4 heteroatoms. The molecule has 4 rings (SSSR count). The normalized spacial score (nSPS) is 47.0. The van der Waals surface area contributed by atoms with Gasteiger partial charge in [0, 0.05) is 10.5 Å². The highest BCUT2D eigenvalue weighted by molar-refractivity contribution is 8.00. The summed E-state index contributed by atoms with van der Waals surface area (Å²) in [5.41, 5.74) is 6.89. The second kappa shape index (κ2) is 5.08. The number of rotatable bonds is 5. The molecule has 0 aromatic heterocycles. The van der Waals surface area contributed by atoms with Gasteiger partial charge in [0.2, 0.25) is 0 Å². The molecule has 0 aliphatic heterocycles. The highest BCUT2D eigenvalue weighted by Gasteiger charge is 2.60. The maximum atomic E-state index is 5.67. The smallest absolute Gasteiger partial charge is 0.109 e. The van der Waals surface area contributed by atoms with E-state index >= 15 is 0 Å². The highest BCUT2D eigenvalue weighted by atomic mass is 35.5. The zero-order chi connectivity index (χ0) is 14.4. The van der Waals surface area contributed by atoms with Gasteiger partial charge in [-0.1, -0.05) is 13.8 Å². The summed E-state index contributed by atoms with van der Waals surface area (Å²) < 4.78 is 0.536. The first-order chi connectivity index (χ1) is 9.36. The quantitative estimate of drug-likeness (QED) is 0.359. The SMILES string of the molecule is CC12CC3CC(C)(C1)CC(SCCN=C(N)CCl)(C3)C2. The average Bonchev–Trinajstić information content (AvgIpc) is 2.29. The lowest BCUT2D eigenvalue weighted by molar-refractivity contribution is -0.0777. The molecule has 0 aromatic carbocycles. The Morgan fingerprint density at radius 2 is 1.85 bits per heavy atom. The van der Waals surface area contributed by atoms with Crippen molar-refractivity contribution in [3.05, 3.63) is 0 Å². The summed E-state index contributed by atoms with van der Waals surface area (Å²) in [5.74, 6) is 3.01. The minimum Gasteiger partial charge on any atom is -0.386 e. The molecule has 0 radical (unpaired) electrons. The fourth-order valence-electron chi connectivity index (χ4n) is 6.00. The predicted octanol–water partition coefficient (Wildman–Crippen LogP) is 4.06. The van der Waals surface area contributed by atoms with Crippen molar-refractivity contribution in [1.29, 1.82) is 0 Å². The van der Waals surface area contributed by atoms with Crippen molar-refractivity contribution in [3.63, 3.8) is 0 Å². The fourth-order valence-corrected chi connectivity index (χ4v) is 7.95. The van der Waals surface area contributed by atoms with Gasteiger partial charge in [-0.25, -0.2) is 0 Å². The van der Waals surface area contributed by atoms with Gasteiger partial charge in [-0.15, -0.1) is 11.6 Å². The van der Waals surface area contributed by atoms with Crippen LogP contribution in [0.3, 0.4) is 0 Å². The zero-order valence-electron chi connectivity index (χ0n) is 12.8. The molecule has 114 valence electrons. The van der Waals surface area contributed by atoms with Gasteiger partial charge in [0.1, 0.15) is 5.84 Å². The Bertz CT molecular complexity index is 405. The minimum atomic E-state index is 0.355. The average molecular weight is 315 g/mol. The van der Waals surface area contributed by atoms with Crippen LogP contribution in [0.1, 0.15) is 52.4 Å². The van der Waals surface area contributed by atoms with E-state index in [1.807, 2.05) is 0 Å². The monoisotopic (exact) mass is 314 g/mol. The molecule has 0 aromatic rings. The standard InChI is InChI=1S/C16H27ClN2S/c1-14-5-12-6-15(2,9-14)11-16(7-12,10-14)20-4-3-19-13(18)8-17/h12H,3-11H2,1-2H3,(H2,18,19). The van der Waals surface area contributed by atoms with Crippen molar-refractivity contribution in [1.82, 2.24) is 0 Å². The van der Waals surface area contributed by atoms with E-state index in [1.54, 1.807) is 0 Å². The van der Waals surface area contributed by atoms with Crippen molar-refractivity contribution < 1.29 is 0 Å². The molecule has 2 N–H and O–H groups in total. The van der Waals surface area contributed by atoms with Crippen molar-refractivity contribution in [2.24, 2.45) is 27.5 Å². The highest BCUT2D eigenvalue weighted by Crippen LogP contribution is 2.69. The first-order valence-electron chi connectivity index (χ1n) is 7.85. The van der Waals surface area contributed by atoms with E-state index in [0.29, 0.717) is 27.3 Å². The van der Waals surface area contributed by atoms with Crippen molar-refractivity contribution in [2.45, 2.75) is 57.1 Å². The molecule has 0 amide bonds. The lowest BCUT2D eigenvalue weighted by Gasteiger charge is -2.65. The topological polar surface area (TPSA) is 38.4 Å². The van der Waals surface area contributed by atoms with Gasteiger partial charge in [0.15, 0.2) is 0 Å². The number of nitrogens with two attached hydrogens (primary N) is 1. The number of aliphatic imine (C=N–C) groups is 1. The van der Waals surface area contributed by atoms with Gasteiger partial charge in [-0.2, -0.15) is 11.8 Å².